The van der Waals surface area contributed by atoms with Gasteiger partial charge < -0.3 is 49.5 Å². The van der Waals surface area contributed by atoms with Crippen LogP contribution in [0.1, 0.15) is 24.8 Å². The second-order valence-electron chi connectivity index (χ2n) is 8.16. The number of aliphatic carboxylic acids is 2. The summed E-state index contributed by atoms with van der Waals surface area (Å²) < 4.78 is 5.27. The highest BCUT2D eigenvalue weighted by atomic mass is 17.1. The molecule has 2 aromatic rings. The molecule has 0 fully saturated rings. The van der Waals surface area contributed by atoms with Crippen molar-refractivity contribution in [2.45, 2.75) is 31.7 Å². The molecule has 1 atom stereocenters. The van der Waals surface area contributed by atoms with Crippen LogP contribution >= 0.6 is 0 Å². The van der Waals surface area contributed by atoms with Crippen molar-refractivity contribution in [2.75, 3.05) is 38.6 Å². The summed E-state index contributed by atoms with van der Waals surface area (Å²) in [5.74, 6) is -3.30. The molecule has 2 N–H and O–H groups in total. The highest BCUT2D eigenvalue weighted by molar-refractivity contribution is 5.88. The Hall–Kier alpha value is -3.48. The minimum atomic E-state index is -1.50. The first kappa shape index (κ1) is 27.8. The number of hydrogen-bond donors (Lipinski definition) is 1. The maximum atomic E-state index is 12.4. The van der Waals surface area contributed by atoms with Crippen molar-refractivity contribution in [1.29, 1.82) is 0 Å². The lowest BCUT2D eigenvalue weighted by molar-refractivity contribution is -0.763. The summed E-state index contributed by atoms with van der Waals surface area (Å²) in [5.41, 5.74) is 1.21. The molecule has 0 aliphatic rings. The van der Waals surface area contributed by atoms with Gasteiger partial charge in [0.1, 0.15) is 5.58 Å². The van der Waals surface area contributed by atoms with Crippen molar-refractivity contribution in [3.05, 3.63) is 46.9 Å². The van der Waals surface area contributed by atoms with Crippen molar-refractivity contribution in [2.24, 2.45) is 0 Å². The molecule has 1 aromatic heterocycles. The van der Waals surface area contributed by atoms with Gasteiger partial charge in [0, 0.05) is 56.9 Å². The molecule has 192 valence electrons. The molecular weight excluding hydrogens is 462 g/mol. The van der Waals surface area contributed by atoms with Crippen LogP contribution in [0.2, 0.25) is 0 Å². The van der Waals surface area contributed by atoms with E-state index in [2.05, 4.69) is 10.2 Å². The largest absolute Gasteiger partial charge is 0.587 e. The molecule has 12 nitrogen and oxygen atoms in total. The average molecular weight is 490 g/mol. The fourth-order valence-corrected chi connectivity index (χ4v) is 3.63. The standard InChI is InChI=1S/C23H30N3O9/c1-25(2)16-6-7-18-15(10-23(32)35-19(18)11-16)9-20(27)24-8-4-3-5-17(14-34-33)26(12-21(28)29)13-22(30)31/h6-7,10-11,14,17,34H,3-5,8-9,12-13H2,1-2H3,(H,24,27)(H,28,29)(H,30,31)/q-1/p-2. The lowest BCUT2D eigenvalue weighted by Crippen LogP contribution is -2.49. The van der Waals surface area contributed by atoms with E-state index in [4.69, 9.17) is 4.42 Å². The molecule has 0 aliphatic carbocycles. The van der Waals surface area contributed by atoms with Crippen molar-refractivity contribution >= 4 is 34.5 Å². The predicted molar refractivity (Wildman–Crippen MR) is 120 cm³/mol. The topological polar surface area (TPSA) is 182 Å². The summed E-state index contributed by atoms with van der Waals surface area (Å²) in [6, 6.07) is 5.83. The Kier molecular flexibility index (Phi) is 10.6. The van der Waals surface area contributed by atoms with Crippen molar-refractivity contribution in [1.82, 2.24) is 10.2 Å². The van der Waals surface area contributed by atoms with Crippen LogP contribution in [0.15, 0.2) is 33.5 Å². The molecular formula is C23H28N3O9-3. The van der Waals surface area contributed by atoms with Gasteiger partial charge in [0.15, 0.2) is 0 Å². The second kappa shape index (κ2) is 13.4. The fourth-order valence-electron chi connectivity index (χ4n) is 3.63. The maximum absolute atomic E-state index is 12.4. The molecule has 0 spiro atoms. The van der Waals surface area contributed by atoms with Gasteiger partial charge in [-0.05, 0) is 36.8 Å². The first-order valence-corrected chi connectivity index (χ1v) is 10.9. The lowest BCUT2D eigenvalue weighted by Gasteiger charge is -2.36. The van der Waals surface area contributed by atoms with Gasteiger partial charge in [0.05, 0.1) is 18.4 Å². The summed E-state index contributed by atoms with van der Waals surface area (Å²) in [5, 5.41) is 35.8. The van der Waals surface area contributed by atoms with Crippen molar-refractivity contribution in [3.8, 4) is 0 Å². The van der Waals surface area contributed by atoms with E-state index in [0.29, 0.717) is 29.4 Å². The van der Waals surface area contributed by atoms with E-state index in [1.807, 2.05) is 25.1 Å². The van der Waals surface area contributed by atoms with Gasteiger partial charge >= 0.3 is 5.63 Å². The van der Waals surface area contributed by atoms with E-state index in [1.54, 1.807) is 12.1 Å². The number of nitrogens with one attached hydrogen (secondary N) is 1. The quantitative estimate of drug-likeness (QED) is 0.0693. The minimum absolute atomic E-state index is 0.0279. The van der Waals surface area contributed by atoms with E-state index >= 15 is 0 Å². The molecule has 2 rings (SSSR count). The zero-order chi connectivity index (χ0) is 26.0. The normalized spacial score (nSPS) is 12.0. The lowest BCUT2D eigenvalue weighted by atomic mass is 10.1. The summed E-state index contributed by atoms with van der Waals surface area (Å²) in [7, 11) is 3.72. The fraction of sp³-hybridized carbons (Fsp3) is 0.435. The number of carbonyl (C=O) groups excluding carboxylic acids is 3. The average Bonchev–Trinajstić information content (AvgIpc) is 2.76. The van der Waals surface area contributed by atoms with Crippen LogP contribution < -0.4 is 31.3 Å². The summed E-state index contributed by atoms with van der Waals surface area (Å²) in [6.07, 6.45) is 1.13. The molecule has 35 heavy (non-hydrogen) atoms. The highest BCUT2D eigenvalue weighted by Crippen LogP contribution is 2.23. The molecule has 0 aliphatic heterocycles. The van der Waals surface area contributed by atoms with Gasteiger partial charge in [-0.3, -0.25) is 4.79 Å². The number of carboxylic acids is 2. The number of hydrogen-bond acceptors (Lipinski definition) is 10. The van der Waals surface area contributed by atoms with Crippen molar-refractivity contribution < 1.29 is 39.2 Å². The Morgan fingerprint density at radius 2 is 1.80 bits per heavy atom. The third-order valence-electron chi connectivity index (χ3n) is 5.30. The van der Waals surface area contributed by atoms with Gasteiger partial charge in [0.25, 0.3) is 0 Å². The van der Waals surface area contributed by atoms with Crippen LogP contribution in [0.4, 0.5) is 5.69 Å². The first-order chi connectivity index (χ1) is 16.6. The van der Waals surface area contributed by atoms with Crippen LogP contribution in [0.25, 0.3) is 11.0 Å². The van der Waals surface area contributed by atoms with E-state index < -0.39 is 36.7 Å². The number of unbranched alkanes of at least 4 members (excludes halogenated alkanes) is 1. The van der Waals surface area contributed by atoms with Gasteiger partial charge in [-0.2, -0.15) is 0 Å². The summed E-state index contributed by atoms with van der Waals surface area (Å²) in [4.78, 5) is 51.7. The number of amides is 1. The first-order valence-electron chi connectivity index (χ1n) is 10.9. The Morgan fingerprint density at radius 3 is 2.40 bits per heavy atom. The summed E-state index contributed by atoms with van der Waals surface area (Å²) >= 11 is 0. The number of benzene rings is 1. The van der Waals surface area contributed by atoms with Gasteiger partial charge in [-0.1, -0.05) is 12.8 Å². The Morgan fingerprint density at radius 1 is 1.11 bits per heavy atom. The van der Waals surface area contributed by atoms with E-state index in [-0.39, 0.29) is 25.3 Å². The van der Waals surface area contributed by atoms with Crippen LogP contribution in [0.3, 0.4) is 0 Å². The van der Waals surface area contributed by atoms with Crippen LogP contribution in [-0.4, -0.2) is 67.4 Å². The molecule has 0 radical (unpaired) electrons. The van der Waals surface area contributed by atoms with Gasteiger partial charge in [-0.15, -0.1) is 0 Å². The molecule has 12 heteroatoms. The molecule has 1 aromatic carbocycles. The molecule has 1 unspecified atom stereocenters. The number of anilines is 1. The number of fused-ring (bicyclic) bond motifs is 1. The number of carboxylic acid groups (broad SMARTS) is 2. The van der Waals surface area contributed by atoms with E-state index in [0.717, 1.165) is 17.2 Å². The third-order valence-corrected chi connectivity index (χ3v) is 5.30. The molecule has 1 heterocycles. The zero-order valence-electron chi connectivity index (χ0n) is 19.5. The van der Waals surface area contributed by atoms with Gasteiger partial charge in [0.2, 0.25) is 5.91 Å². The zero-order valence-corrected chi connectivity index (χ0v) is 19.5. The molecule has 0 saturated heterocycles. The highest BCUT2D eigenvalue weighted by Gasteiger charge is 2.15. The van der Waals surface area contributed by atoms with E-state index in [1.165, 1.54) is 6.07 Å². The van der Waals surface area contributed by atoms with Gasteiger partial charge in [-0.25, -0.2) is 4.79 Å². The van der Waals surface area contributed by atoms with Crippen LogP contribution in [0.5, 0.6) is 0 Å². The Labute approximate surface area is 201 Å². The number of aliphatic hydroxyl groups is 1. The monoisotopic (exact) mass is 490 g/mol. The van der Waals surface area contributed by atoms with Crippen LogP contribution in [-0.2, 0) is 20.8 Å². The smallest absolute Gasteiger partial charge is 0.336 e. The second-order valence-corrected chi connectivity index (χ2v) is 8.16. The van der Waals surface area contributed by atoms with Crippen LogP contribution in [0, 0.1) is 6.61 Å². The van der Waals surface area contributed by atoms with E-state index in [9.17, 15) is 34.6 Å². The number of carbonyl (C=O) groups is 3. The maximum Gasteiger partial charge on any atom is 0.336 e. The SMILES string of the molecule is CN(C)c1ccc2c(CC(=O)NCCCCC([CH-][OH+][O-])N(CC(=O)[O-])CC(=O)[O-])cc(=O)oc2c1. The van der Waals surface area contributed by atoms with Crippen molar-refractivity contribution in [3.63, 3.8) is 0 Å². The Bertz CT molecular complexity index is 1070. The molecule has 0 bridgehead atoms. The Balaban J connectivity index is 1.90. The molecule has 0 saturated carbocycles. The molecule has 1 amide bonds. The number of rotatable bonds is 15. The number of nitrogens with zero attached hydrogens (tertiary/aromatic N) is 2. The third kappa shape index (κ3) is 9.00. The minimum Gasteiger partial charge on any atom is -0.587 e. The predicted octanol–water partition coefficient (Wildman–Crippen LogP) is -2.61. The summed E-state index contributed by atoms with van der Waals surface area (Å²) in [6.45, 7) is -0.184.